The first-order valence-electron chi connectivity index (χ1n) is 9.52. The number of aromatic nitrogens is 1. The van der Waals surface area contributed by atoms with Crippen LogP contribution in [0.5, 0.6) is 11.5 Å². The SMILES string of the molecule is COc1ccccc1OCC(=O)Nc1ccc2nc(N3CCN(C)CC3)sc2c1. The molecule has 0 saturated carbocycles. The number of benzene rings is 2. The van der Waals surface area contributed by atoms with Crippen molar-refractivity contribution in [3.63, 3.8) is 0 Å². The molecule has 7 nitrogen and oxygen atoms in total. The van der Waals surface area contributed by atoms with Gasteiger partial charge in [0, 0.05) is 31.9 Å². The van der Waals surface area contributed by atoms with Crippen molar-refractivity contribution in [3.8, 4) is 11.5 Å². The van der Waals surface area contributed by atoms with Gasteiger partial charge in [-0.25, -0.2) is 4.98 Å². The van der Waals surface area contributed by atoms with Gasteiger partial charge in [-0.15, -0.1) is 0 Å². The molecule has 0 atom stereocenters. The van der Waals surface area contributed by atoms with Crippen LogP contribution in [0.4, 0.5) is 10.8 Å². The number of carbonyl (C=O) groups excluding carboxylic acids is 1. The topological polar surface area (TPSA) is 66.9 Å². The van der Waals surface area contributed by atoms with E-state index in [1.807, 2.05) is 30.3 Å². The summed E-state index contributed by atoms with van der Waals surface area (Å²) in [6.45, 7) is 3.97. The summed E-state index contributed by atoms with van der Waals surface area (Å²) in [5, 5.41) is 3.93. The molecule has 4 rings (SSSR count). The average Bonchev–Trinajstić information content (AvgIpc) is 3.16. The minimum absolute atomic E-state index is 0.0896. The minimum atomic E-state index is -0.223. The van der Waals surface area contributed by atoms with Gasteiger partial charge >= 0.3 is 0 Å². The van der Waals surface area contributed by atoms with Crippen LogP contribution in [-0.2, 0) is 4.79 Å². The Labute approximate surface area is 173 Å². The number of likely N-dealkylation sites (N-methyl/N-ethyl adjacent to an activating group) is 1. The first kappa shape index (κ1) is 19.5. The highest BCUT2D eigenvalue weighted by Gasteiger charge is 2.18. The van der Waals surface area contributed by atoms with Gasteiger partial charge in [-0.1, -0.05) is 23.5 Å². The number of piperazine rings is 1. The highest BCUT2D eigenvalue weighted by atomic mass is 32.1. The lowest BCUT2D eigenvalue weighted by atomic mass is 10.3. The molecule has 0 aliphatic carbocycles. The van der Waals surface area contributed by atoms with E-state index in [4.69, 9.17) is 14.5 Å². The molecule has 1 N–H and O–H groups in total. The van der Waals surface area contributed by atoms with Crippen LogP contribution in [0, 0.1) is 0 Å². The second kappa shape index (κ2) is 8.67. The van der Waals surface area contributed by atoms with Crippen LogP contribution < -0.4 is 19.7 Å². The largest absolute Gasteiger partial charge is 0.493 e. The average molecular weight is 413 g/mol. The number of fused-ring (bicyclic) bond motifs is 1. The summed E-state index contributed by atoms with van der Waals surface area (Å²) >= 11 is 1.66. The van der Waals surface area contributed by atoms with E-state index in [2.05, 4.69) is 22.2 Å². The number of hydrogen-bond acceptors (Lipinski definition) is 7. The lowest BCUT2D eigenvalue weighted by molar-refractivity contribution is -0.118. The molecule has 1 aromatic heterocycles. The molecule has 3 aromatic rings. The fourth-order valence-electron chi connectivity index (χ4n) is 3.20. The number of carbonyl (C=O) groups is 1. The van der Waals surface area contributed by atoms with E-state index in [1.165, 1.54) is 0 Å². The van der Waals surface area contributed by atoms with Gasteiger partial charge in [-0.05, 0) is 37.4 Å². The third-order valence-electron chi connectivity index (χ3n) is 4.86. The van der Waals surface area contributed by atoms with Gasteiger partial charge in [0.15, 0.2) is 23.2 Å². The van der Waals surface area contributed by atoms with E-state index in [9.17, 15) is 4.79 Å². The maximum atomic E-state index is 12.3. The first-order valence-corrected chi connectivity index (χ1v) is 10.3. The molecule has 1 amide bonds. The summed E-state index contributed by atoms with van der Waals surface area (Å²) in [6.07, 6.45) is 0. The van der Waals surface area contributed by atoms with Crippen LogP contribution in [0.15, 0.2) is 42.5 Å². The molecule has 0 unspecified atom stereocenters. The quantitative estimate of drug-likeness (QED) is 0.671. The fraction of sp³-hybridized carbons (Fsp3) is 0.333. The summed E-state index contributed by atoms with van der Waals surface area (Å²) in [4.78, 5) is 21.7. The van der Waals surface area contributed by atoms with E-state index in [1.54, 1.807) is 30.6 Å². The van der Waals surface area contributed by atoms with Crippen molar-refractivity contribution in [2.45, 2.75) is 0 Å². The number of hydrogen-bond donors (Lipinski definition) is 1. The zero-order valence-electron chi connectivity index (χ0n) is 16.6. The van der Waals surface area contributed by atoms with E-state index in [-0.39, 0.29) is 12.5 Å². The van der Waals surface area contributed by atoms with Crippen LogP contribution in [0.1, 0.15) is 0 Å². The van der Waals surface area contributed by atoms with Crippen molar-refractivity contribution in [1.29, 1.82) is 0 Å². The Morgan fingerprint density at radius 3 is 2.66 bits per heavy atom. The molecule has 8 heteroatoms. The van der Waals surface area contributed by atoms with Crippen LogP contribution >= 0.6 is 11.3 Å². The molecule has 152 valence electrons. The normalized spacial score (nSPS) is 14.8. The number of nitrogens with zero attached hydrogens (tertiary/aromatic N) is 3. The summed E-state index contributed by atoms with van der Waals surface area (Å²) < 4.78 is 11.9. The summed E-state index contributed by atoms with van der Waals surface area (Å²) in [5.41, 5.74) is 1.69. The molecule has 1 aliphatic heterocycles. The second-order valence-corrected chi connectivity index (χ2v) is 7.97. The van der Waals surface area contributed by atoms with Crippen LogP contribution in [-0.4, -0.2) is 62.7 Å². The molecule has 2 heterocycles. The third kappa shape index (κ3) is 4.60. The molecule has 1 fully saturated rings. The molecule has 0 spiro atoms. The molecule has 2 aromatic carbocycles. The number of ether oxygens (including phenoxy) is 2. The van der Waals surface area contributed by atoms with Gasteiger partial charge in [0.2, 0.25) is 0 Å². The van der Waals surface area contributed by atoms with Crippen molar-refractivity contribution in [2.75, 3.05) is 57.2 Å². The van der Waals surface area contributed by atoms with Crippen LogP contribution in [0.3, 0.4) is 0 Å². The number of para-hydroxylation sites is 2. The predicted octanol–water partition coefficient (Wildman–Crippen LogP) is 3.07. The summed E-state index contributed by atoms with van der Waals surface area (Å²) in [6, 6.07) is 13.0. The first-order chi connectivity index (χ1) is 14.1. The van der Waals surface area contributed by atoms with Crippen molar-refractivity contribution in [1.82, 2.24) is 9.88 Å². The number of thiazole rings is 1. The molecule has 29 heavy (non-hydrogen) atoms. The smallest absolute Gasteiger partial charge is 0.262 e. The van der Waals surface area contributed by atoms with E-state index in [0.29, 0.717) is 11.5 Å². The molecular weight excluding hydrogens is 388 g/mol. The third-order valence-corrected chi connectivity index (χ3v) is 5.94. The minimum Gasteiger partial charge on any atom is -0.493 e. The van der Waals surface area contributed by atoms with Crippen molar-refractivity contribution < 1.29 is 14.3 Å². The molecule has 1 aliphatic rings. The predicted molar refractivity (Wildman–Crippen MR) is 116 cm³/mol. The lowest BCUT2D eigenvalue weighted by Gasteiger charge is -2.31. The van der Waals surface area contributed by atoms with E-state index in [0.717, 1.165) is 47.2 Å². The number of rotatable bonds is 6. The van der Waals surface area contributed by atoms with Gasteiger partial charge < -0.3 is 24.6 Å². The molecule has 0 bridgehead atoms. The maximum Gasteiger partial charge on any atom is 0.262 e. The highest BCUT2D eigenvalue weighted by molar-refractivity contribution is 7.22. The Balaban J connectivity index is 1.39. The monoisotopic (exact) mass is 412 g/mol. The van der Waals surface area contributed by atoms with Gasteiger partial charge in [0.05, 0.1) is 17.3 Å². The van der Waals surface area contributed by atoms with Crippen LogP contribution in [0.25, 0.3) is 10.2 Å². The fourth-order valence-corrected chi connectivity index (χ4v) is 4.26. The molecular formula is C21H24N4O3S. The van der Waals surface area contributed by atoms with E-state index < -0.39 is 0 Å². The van der Waals surface area contributed by atoms with Gasteiger partial charge in [-0.3, -0.25) is 4.79 Å². The van der Waals surface area contributed by atoms with Crippen molar-refractivity contribution >= 4 is 38.3 Å². The number of amides is 1. The molecule has 1 saturated heterocycles. The van der Waals surface area contributed by atoms with E-state index >= 15 is 0 Å². The summed E-state index contributed by atoms with van der Waals surface area (Å²) in [5.74, 6) is 0.918. The number of nitrogens with one attached hydrogen (secondary N) is 1. The lowest BCUT2D eigenvalue weighted by Crippen LogP contribution is -2.44. The molecule has 0 radical (unpaired) electrons. The zero-order valence-corrected chi connectivity index (χ0v) is 17.4. The number of methoxy groups -OCH3 is 1. The Hall–Kier alpha value is -2.84. The summed E-state index contributed by atoms with van der Waals surface area (Å²) in [7, 11) is 3.71. The Kier molecular flexibility index (Phi) is 5.82. The van der Waals surface area contributed by atoms with Gasteiger partial charge in [-0.2, -0.15) is 0 Å². The highest BCUT2D eigenvalue weighted by Crippen LogP contribution is 2.31. The number of anilines is 2. The zero-order chi connectivity index (χ0) is 20.2. The standard InChI is InChI=1S/C21H24N4O3S/c1-24-9-11-25(12-10-24)21-23-16-8-7-15(13-19(16)29-21)22-20(26)14-28-18-6-4-3-5-17(18)27-2/h3-8,13H,9-12,14H2,1-2H3,(H,22,26). The van der Waals surface area contributed by atoms with Gasteiger partial charge in [0.25, 0.3) is 5.91 Å². The van der Waals surface area contributed by atoms with Gasteiger partial charge in [0.1, 0.15) is 0 Å². The Morgan fingerprint density at radius 2 is 1.90 bits per heavy atom. The van der Waals surface area contributed by atoms with Crippen molar-refractivity contribution in [3.05, 3.63) is 42.5 Å². The van der Waals surface area contributed by atoms with Crippen molar-refractivity contribution in [2.24, 2.45) is 0 Å². The second-order valence-electron chi connectivity index (χ2n) is 6.96. The maximum absolute atomic E-state index is 12.3. The Morgan fingerprint density at radius 1 is 1.14 bits per heavy atom. The van der Waals surface area contributed by atoms with Crippen LogP contribution in [0.2, 0.25) is 0 Å². The Bertz CT molecular complexity index is 999.